The van der Waals surface area contributed by atoms with Crippen molar-refractivity contribution >= 4 is 34.9 Å². The number of amides is 1. The van der Waals surface area contributed by atoms with Crippen LogP contribution in [0, 0.1) is 0 Å². The second-order valence-corrected chi connectivity index (χ2v) is 4.88. The topological polar surface area (TPSA) is 92.4 Å². The molecule has 0 saturated heterocycles. The van der Waals surface area contributed by atoms with Crippen LogP contribution in [0.15, 0.2) is 42.5 Å². The zero-order valence-electron chi connectivity index (χ0n) is 11.0. The lowest BCUT2D eigenvalue weighted by Gasteiger charge is -2.08. The average Bonchev–Trinajstić information content (AvgIpc) is 2.40. The number of nitrogens with one attached hydrogen (secondary N) is 1. The molecule has 6 heteroatoms. The maximum atomic E-state index is 11.9. The zero-order chi connectivity index (χ0) is 15.4. The molecule has 0 aliphatic heterocycles. The summed E-state index contributed by atoms with van der Waals surface area (Å²) in [6, 6.07) is 11.2. The Hall–Kier alpha value is -2.53. The lowest BCUT2D eigenvalue weighted by atomic mass is 10.1. The highest BCUT2D eigenvalue weighted by Gasteiger charge is 2.10. The molecular weight excluding hydrogens is 292 g/mol. The predicted molar refractivity (Wildman–Crippen MR) is 81.6 cm³/mol. The van der Waals surface area contributed by atoms with Gasteiger partial charge in [0.05, 0.1) is 22.7 Å². The van der Waals surface area contributed by atoms with Crippen molar-refractivity contribution in [1.29, 1.82) is 0 Å². The summed E-state index contributed by atoms with van der Waals surface area (Å²) >= 11 is 5.95. The van der Waals surface area contributed by atoms with Gasteiger partial charge in [-0.1, -0.05) is 23.7 Å². The first-order valence-corrected chi connectivity index (χ1v) is 6.50. The lowest BCUT2D eigenvalue weighted by Crippen LogP contribution is -2.15. The number of anilines is 2. The number of carbonyl (C=O) groups is 2. The number of rotatable bonds is 4. The molecule has 2 aromatic carbocycles. The molecule has 5 nitrogen and oxygen atoms in total. The minimum Gasteiger partial charge on any atom is -0.478 e. The third-order valence-electron chi connectivity index (χ3n) is 2.81. The van der Waals surface area contributed by atoms with E-state index < -0.39 is 5.97 Å². The Balaban J connectivity index is 2.08. The smallest absolute Gasteiger partial charge is 0.335 e. The number of hydrogen-bond acceptors (Lipinski definition) is 3. The molecule has 0 spiro atoms. The molecule has 1 amide bonds. The van der Waals surface area contributed by atoms with Gasteiger partial charge in [-0.25, -0.2) is 4.79 Å². The van der Waals surface area contributed by atoms with Crippen molar-refractivity contribution in [2.24, 2.45) is 0 Å². The lowest BCUT2D eigenvalue weighted by molar-refractivity contribution is -0.115. The summed E-state index contributed by atoms with van der Waals surface area (Å²) in [5.41, 5.74) is 7.45. The van der Waals surface area contributed by atoms with Crippen LogP contribution in [-0.2, 0) is 11.2 Å². The Morgan fingerprint density at radius 2 is 1.95 bits per heavy atom. The van der Waals surface area contributed by atoms with Gasteiger partial charge in [0.15, 0.2) is 0 Å². The number of aromatic carboxylic acids is 1. The summed E-state index contributed by atoms with van der Waals surface area (Å²) in [4.78, 5) is 22.7. The summed E-state index contributed by atoms with van der Waals surface area (Å²) < 4.78 is 0. The van der Waals surface area contributed by atoms with Crippen LogP contribution in [0.5, 0.6) is 0 Å². The first kappa shape index (κ1) is 14.9. The minimum atomic E-state index is -1.07. The van der Waals surface area contributed by atoms with Gasteiger partial charge in [0.1, 0.15) is 0 Å². The number of benzene rings is 2. The number of nitrogens with two attached hydrogens (primary N) is 1. The van der Waals surface area contributed by atoms with Crippen LogP contribution >= 0.6 is 11.6 Å². The summed E-state index contributed by atoms with van der Waals surface area (Å²) in [5.74, 6) is -1.33. The van der Waals surface area contributed by atoms with Crippen molar-refractivity contribution < 1.29 is 14.7 Å². The fourth-order valence-electron chi connectivity index (χ4n) is 1.83. The zero-order valence-corrected chi connectivity index (χ0v) is 11.7. The molecule has 0 aliphatic carbocycles. The normalized spacial score (nSPS) is 10.1. The van der Waals surface area contributed by atoms with Crippen molar-refractivity contribution in [2.45, 2.75) is 6.42 Å². The number of nitrogen functional groups attached to an aromatic ring is 1. The van der Waals surface area contributed by atoms with Crippen LogP contribution in [0.2, 0.25) is 5.02 Å². The van der Waals surface area contributed by atoms with Crippen LogP contribution in [0.4, 0.5) is 11.4 Å². The van der Waals surface area contributed by atoms with E-state index in [0.29, 0.717) is 11.4 Å². The fraction of sp³-hybridized carbons (Fsp3) is 0.0667. The molecule has 2 aromatic rings. The van der Waals surface area contributed by atoms with Gasteiger partial charge in [-0.3, -0.25) is 4.79 Å². The number of hydrogen-bond donors (Lipinski definition) is 3. The number of halogens is 1. The Labute approximate surface area is 126 Å². The molecule has 108 valence electrons. The Kier molecular flexibility index (Phi) is 4.45. The largest absolute Gasteiger partial charge is 0.478 e. The van der Waals surface area contributed by atoms with Crippen molar-refractivity contribution in [2.75, 3.05) is 11.1 Å². The maximum Gasteiger partial charge on any atom is 0.335 e. The average molecular weight is 305 g/mol. The fourth-order valence-corrected chi connectivity index (χ4v) is 2.06. The number of carbonyl (C=O) groups excluding carboxylic acids is 1. The highest BCUT2D eigenvalue weighted by Crippen LogP contribution is 2.23. The van der Waals surface area contributed by atoms with Gasteiger partial charge in [-0.2, -0.15) is 0 Å². The van der Waals surface area contributed by atoms with Gasteiger partial charge in [0.25, 0.3) is 0 Å². The molecule has 0 saturated carbocycles. The van der Waals surface area contributed by atoms with Crippen LogP contribution in [0.25, 0.3) is 0 Å². The molecule has 0 heterocycles. The highest BCUT2D eigenvalue weighted by atomic mass is 35.5. The SMILES string of the molecule is Nc1cccc(CC(=O)Nc2ccc(C(=O)O)cc2Cl)c1. The monoisotopic (exact) mass is 304 g/mol. The molecule has 0 aromatic heterocycles. The third-order valence-corrected chi connectivity index (χ3v) is 3.12. The van der Waals surface area contributed by atoms with Crippen LogP contribution in [0.3, 0.4) is 0 Å². The van der Waals surface area contributed by atoms with Gasteiger partial charge >= 0.3 is 5.97 Å². The Morgan fingerprint density at radius 1 is 1.19 bits per heavy atom. The van der Waals surface area contributed by atoms with E-state index in [0.717, 1.165) is 5.56 Å². The van der Waals surface area contributed by atoms with Crippen LogP contribution < -0.4 is 11.1 Å². The van der Waals surface area contributed by atoms with Gasteiger partial charge in [0.2, 0.25) is 5.91 Å². The second-order valence-electron chi connectivity index (χ2n) is 4.47. The van der Waals surface area contributed by atoms with E-state index >= 15 is 0 Å². The van der Waals surface area contributed by atoms with Gasteiger partial charge in [-0.05, 0) is 35.9 Å². The van der Waals surface area contributed by atoms with Crippen molar-refractivity contribution in [1.82, 2.24) is 0 Å². The standard InChI is InChI=1S/C15H13ClN2O3/c16-12-8-10(15(20)21)4-5-13(12)18-14(19)7-9-2-1-3-11(17)6-9/h1-6,8H,7,17H2,(H,18,19)(H,20,21). The highest BCUT2D eigenvalue weighted by molar-refractivity contribution is 6.34. The molecule has 0 aliphatic rings. The van der Waals surface area contributed by atoms with Crippen LogP contribution in [0.1, 0.15) is 15.9 Å². The Bertz CT molecular complexity index is 701. The Morgan fingerprint density at radius 3 is 2.57 bits per heavy atom. The first-order valence-electron chi connectivity index (χ1n) is 6.13. The van der Waals surface area contributed by atoms with Crippen molar-refractivity contribution in [3.8, 4) is 0 Å². The van der Waals surface area contributed by atoms with Gasteiger partial charge < -0.3 is 16.2 Å². The van der Waals surface area contributed by atoms with E-state index in [1.807, 2.05) is 0 Å². The summed E-state index contributed by atoms with van der Waals surface area (Å²) in [6.45, 7) is 0. The molecular formula is C15H13ClN2O3. The molecule has 0 fully saturated rings. The van der Waals surface area contributed by atoms with E-state index in [9.17, 15) is 9.59 Å². The first-order chi connectivity index (χ1) is 9.95. The second kappa shape index (κ2) is 6.28. The van der Waals surface area contributed by atoms with E-state index in [4.69, 9.17) is 22.4 Å². The third kappa shape index (κ3) is 3.97. The van der Waals surface area contributed by atoms with E-state index in [1.54, 1.807) is 24.3 Å². The number of carboxylic acids is 1. The molecule has 0 atom stereocenters. The van der Waals surface area contributed by atoms with E-state index in [1.165, 1.54) is 18.2 Å². The summed E-state index contributed by atoms with van der Waals surface area (Å²) in [6.07, 6.45) is 0.155. The maximum absolute atomic E-state index is 11.9. The molecule has 0 bridgehead atoms. The van der Waals surface area contributed by atoms with Crippen LogP contribution in [-0.4, -0.2) is 17.0 Å². The molecule has 21 heavy (non-hydrogen) atoms. The van der Waals surface area contributed by atoms with Gasteiger partial charge in [-0.15, -0.1) is 0 Å². The van der Waals surface area contributed by atoms with E-state index in [-0.39, 0.29) is 22.9 Å². The summed E-state index contributed by atoms with van der Waals surface area (Å²) in [5, 5.41) is 11.7. The molecule has 4 N–H and O–H groups in total. The quantitative estimate of drug-likeness (QED) is 0.757. The molecule has 2 rings (SSSR count). The van der Waals surface area contributed by atoms with E-state index in [2.05, 4.69) is 5.32 Å². The molecule has 0 radical (unpaired) electrons. The molecule has 0 unspecified atom stereocenters. The number of carboxylic acid groups (broad SMARTS) is 1. The van der Waals surface area contributed by atoms with Crippen molar-refractivity contribution in [3.63, 3.8) is 0 Å². The van der Waals surface area contributed by atoms with Gasteiger partial charge in [0, 0.05) is 5.69 Å². The minimum absolute atomic E-state index is 0.0637. The predicted octanol–water partition coefficient (Wildman–Crippen LogP) is 2.80. The van der Waals surface area contributed by atoms with Crippen molar-refractivity contribution in [3.05, 3.63) is 58.6 Å². The summed E-state index contributed by atoms with van der Waals surface area (Å²) in [7, 11) is 0.